The fourth-order valence-electron chi connectivity index (χ4n) is 3.40. The van der Waals surface area contributed by atoms with Gasteiger partial charge in [0.05, 0.1) is 5.02 Å². The lowest BCUT2D eigenvalue weighted by Crippen LogP contribution is -2.17. The predicted molar refractivity (Wildman–Crippen MR) is 127 cm³/mol. The molecule has 0 radical (unpaired) electrons. The first-order valence-corrected chi connectivity index (χ1v) is 11.7. The number of benzene rings is 3. The zero-order valence-electron chi connectivity index (χ0n) is 17.9. The molecule has 162 valence electrons. The molecule has 1 amide bonds. The molecule has 3 aromatic carbocycles. The molecule has 0 unspecified atom stereocenters. The van der Waals surface area contributed by atoms with E-state index in [4.69, 9.17) is 11.6 Å². The number of carbonyl (C=O) groups is 1. The van der Waals surface area contributed by atoms with Crippen LogP contribution >= 0.6 is 11.6 Å². The van der Waals surface area contributed by atoms with Crippen molar-refractivity contribution in [3.05, 3.63) is 87.9 Å². The summed E-state index contributed by atoms with van der Waals surface area (Å²) in [6, 6.07) is 17.2. The van der Waals surface area contributed by atoms with Crippen LogP contribution in [-0.4, -0.2) is 14.3 Å². The van der Waals surface area contributed by atoms with Gasteiger partial charge in [-0.25, -0.2) is 8.42 Å². The van der Waals surface area contributed by atoms with Crippen molar-refractivity contribution in [3.8, 4) is 0 Å². The van der Waals surface area contributed by atoms with Crippen LogP contribution in [0.4, 0.5) is 11.4 Å². The van der Waals surface area contributed by atoms with Crippen molar-refractivity contribution >= 4 is 38.9 Å². The number of hydrogen-bond acceptors (Lipinski definition) is 3. The number of aryl methyl sites for hydroxylation is 2. The van der Waals surface area contributed by atoms with Gasteiger partial charge in [-0.2, -0.15) is 0 Å². The van der Waals surface area contributed by atoms with Crippen LogP contribution in [0.1, 0.15) is 46.8 Å². The van der Waals surface area contributed by atoms with Crippen molar-refractivity contribution in [2.75, 3.05) is 10.0 Å². The van der Waals surface area contributed by atoms with Crippen molar-refractivity contribution in [2.24, 2.45) is 0 Å². The molecule has 0 atom stereocenters. The molecule has 3 rings (SSSR count). The molecule has 31 heavy (non-hydrogen) atoms. The molecule has 0 aromatic heterocycles. The summed E-state index contributed by atoms with van der Waals surface area (Å²) in [5.74, 6) is -0.188. The van der Waals surface area contributed by atoms with Gasteiger partial charge >= 0.3 is 0 Å². The molecule has 0 saturated carbocycles. The quantitative estimate of drug-likeness (QED) is 0.468. The maximum absolute atomic E-state index is 13.0. The third-order valence-electron chi connectivity index (χ3n) is 4.79. The first-order chi connectivity index (χ1) is 14.6. The smallest absolute Gasteiger partial charge is 0.263 e. The maximum atomic E-state index is 13.0. The molecular weight excluding hydrogens is 432 g/mol. The van der Waals surface area contributed by atoms with Crippen LogP contribution in [0.3, 0.4) is 0 Å². The highest BCUT2D eigenvalue weighted by Crippen LogP contribution is 2.28. The Hall–Kier alpha value is -2.83. The van der Waals surface area contributed by atoms with Crippen LogP contribution < -0.4 is 10.0 Å². The van der Waals surface area contributed by atoms with E-state index in [2.05, 4.69) is 10.0 Å². The molecule has 0 saturated heterocycles. The molecule has 0 spiro atoms. The monoisotopic (exact) mass is 456 g/mol. The largest absolute Gasteiger partial charge is 0.322 e. The predicted octanol–water partition coefficient (Wildman–Crippen LogP) is 6.13. The van der Waals surface area contributed by atoms with Gasteiger partial charge in [0.15, 0.2) is 0 Å². The third-order valence-corrected chi connectivity index (χ3v) is 6.65. The fourth-order valence-corrected chi connectivity index (χ4v) is 4.97. The highest BCUT2D eigenvalue weighted by Gasteiger charge is 2.21. The summed E-state index contributed by atoms with van der Waals surface area (Å²) in [6.07, 6.45) is 0. The average molecular weight is 457 g/mol. The highest BCUT2D eigenvalue weighted by molar-refractivity contribution is 7.92. The van der Waals surface area contributed by atoms with Crippen molar-refractivity contribution in [1.82, 2.24) is 0 Å². The Balaban J connectivity index is 1.91. The second kappa shape index (κ2) is 9.12. The van der Waals surface area contributed by atoms with Gasteiger partial charge in [0.2, 0.25) is 0 Å². The number of anilines is 2. The number of nitrogens with one attached hydrogen (secondary N) is 2. The molecule has 0 aliphatic heterocycles. The summed E-state index contributed by atoms with van der Waals surface area (Å²) in [5, 5.41) is 2.91. The third kappa shape index (κ3) is 5.46. The molecule has 0 aliphatic rings. The zero-order valence-corrected chi connectivity index (χ0v) is 19.4. The second-order valence-corrected chi connectivity index (χ2v) is 9.88. The molecule has 0 heterocycles. The molecule has 3 aromatic rings. The zero-order chi connectivity index (χ0) is 22.8. The minimum atomic E-state index is -3.99. The van der Waals surface area contributed by atoms with Crippen LogP contribution in [-0.2, 0) is 10.0 Å². The summed E-state index contributed by atoms with van der Waals surface area (Å²) < 4.78 is 28.5. The topological polar surface area (TPSA) is 75.3 Å². The Morgan fingerprint density at radius 1 is 0.935 bits per heavy atom. The first kappa shape index (κ1) is 22.8. The highest BCUT2D eigenvalue weighted by atomic mass is 35.5. The number of carbonyl (C=O) groups excluding carboxylic acids is 1. The van der Waals surface area contributed by atoms with Crippen LogP contribution in [0, 0.1) is 13.8 Å². The number of para-hydroxylation sites is 1. The van der Waals surface area contributed by atoms with Crippen LogP contribution in [0.2, 0.25) is 5.02 Å². The van der Waals surface area contributed by atoms with E-state index in [1.54, 1.807) is 12.1 Å². The minimum absolute atomic E-state index is 0.0380. The van der Waals surface area contributed by atoms with E-state index in [0.29, 0.717) is 11.4 Å². The Kier molecular flexibility index (Phi) is 6.72. The number of halogens is 1. The van der Waals surface area contributed by atoms with Gasteiger partial charge < -0.3 is 5.32 Å². The summed E-state index contributed by atoms with van der Waals surface area (Å²) in [6.45, 7) is 7.85. The Morgan fingerprint density at radius 3 is 2.23 bits per heavy atom. The lowest BCUT2D eigenvalue weighted by Gasteiger charge is -2.15. The van der Waals surface area contributed by atoms with Gasteiger partial charge in [-0.05, 0) is 72.9 Å². The normalized spacial score (nSPS) is 11.4. The SMILES string of the molecule is Cc1cc(C)cc(NS(=O)(=O)c2cc(C(=O)Nc3ccccc3C(C)C)ccc2Cl)c1. The maximum Gasteiger partial charge on any atom is 0.263 e. The molecular formula is C24H25ClN2O3S. The van der Waals surface area contributed by atoms with Gasteiger partial charge in [0.1, 0.15) is 4.90 Å². The number of rotatable bonds is 6. The second-order valence-electron chi connectivity index (χ2n) is 7.82. The van der Waals surface area contributed by atoms with Crippen molar-refractivity contribution in [2.45, 2.75) is 38.5 Å². The van der Waals surface area contributed by atoms with Gasteiger partial charge in [0, 0.05) is 16.9 Å². The lowest BCUT2D eigenvalue weighted by atomic mass is 10.0. The van der Waals surface area contributed by atoms with E-state index in [1.807, 2.05) is 58.0 Å². The summed E-state index contributed by atoms with van der Waals surface area (Å²) in [4.78, 5) is 12.7. The van der Waals surface area contributed by atoms with E-state index in [-0.39, 0.29) is 21.4 Å². The molecule has 0 fully saturated rings. The van der Waals surface area contributed by atoms with Crippen LogP contribution in [0.15, 0.2) is 65.6 Å². The summed E-state index contributed by atoms with van der Waals surface area (Å²) in [5.41, 5.74) is 4.18. The van der Waals surface area contributed by atoms with E-state index in [9.17, 15) is 13.2 Å². The number of amides is 1. The Morgan fingerprint density at radius 2 is 1.58 bits per heavy atom. The van der Waals surface area contributed by atoms with Crippen LogP contribution in [0.25, 0.3) is 0 Å². The number of sulfonamides is 1. The molecule has 0 bridgehead atoms. The molecule has 5 nitrogen and oxygen atoms in total. The van der Waals surface area contributed by atoms with Crippen molar-refractivity contribution in [3.63, 3.8) is 0 Å². The van der Waals surface area contributed by atoms with Crippen LogP contribution in [0.5, 0.6) is 0 Å². The van der Waals surface area contributed by atoms with Gasteiger partial charge in [-0.1, -0.05) is 49.7 Å². The number of hydrogen-bond donors (Lipinski definition) is 2. The van der Waals surface area contributed by atoms with Crippen molar-refractivity contribution < 1.29 is 13.2 Å². The molecule has 2 N–H and O–H groups in total. The lowest BCUT2D eigenvalue weighted by molar-refractivity contribution is 0.102. The van der Waals surface area contributed by atoms with Gasteiger partial charge in [-0.15, -0.1) is 0 Å². The minimum Gasteiger partial charge on any atom is -0.322 e. The summed E-state index contributed by atoms with van der Waals surface area (Å²) in [7, 11) is -3.99. The Labute approximate surface area is 188 Å². The van der Waals surface area contributed by atoms with Gasteiger partial charge in [0.25, 0.3) is 15.9 Å². The fraction of sp³-hybridized carbons (Fsp3) is 0.208. The van der Waals surface area contributed by atoms with Gasteiger partial charge in [-0.3, -0.25) is 9.52 Å². The van der Waals surface area contributed by atoms with E-state index < -0.39 is 15.9 Å². The summed E-state index contributed by atoms with van der Waals surface area (Å²) >= 11 is 6.19. The van der Waals surface area contributed by atoms with Crippen molar-refractivity contribution in [1.29, 1.82) is 0 Å². The first-order valence-electron chi connectivity index (χ1n) is 9.88. The van der Waals surface area contributed by atoms with E-state index in [0.717, 1.165) is 16.7 Å². The standard InChI is InChI=1S/C24H25ClN2O3S/c1-15(2)20-7-5-6-8-22(20)26-24(28)18-9-10-21(25)23(14-18)31(29,30)27-19-12-16(3)11-17(4)13-19/h5-15,27H,1-4H3,(H,26,28). The molecule has 0 aliphatic carbocycles. The molecule has 7 heteroatoms. The Bertz CT molecular complexity index is 1220. The van der Waals surface area contributed by atoms with E-state index in [1.165, 1.54) is 18.2 Å². The average Bonchev–Trinajstić information content (AvgIpc) is 2.67. The van der Waals surface area contributed by atoms with E-state index >= 15 is 0 Å².